The molecule has 5 nitrogen and oxygen atoms in total. The molecular weight excluding hydrogens is 194 g/mol. The van der Waals surface area contributed by atoms with Crippen molar-refractivity contribution < 1.29 is 18.6 Å². The molecule has 0 spiro atoms. The van der Waals surface area contributed by atoms with Crippen LogP contribution in [-0.2, 0) is 9.84 Å². The van der Waals surface area contributed by atoms with Crippen LogP contribution in [0.1, 0.15) is 0 Å². The molecule has 0 amide bonds. The fraction of sp³-hybridized carbons (Fsp3) is 1.00. The van der Waals surface area contributed by atoms with E-state index in [0.29, 0.717) is 13.1 Å². The van der Waals surface area contributed by atoms with Crippen LogP contribution in [0.25, 0.3) is 0 Å². The molecule has 2 N–H and O–H groups in total. The number of nitrogens with zero attached hydrogens (tertiary/aromatic N) is 1. The maximum absolute atomic E-state index is 11.1. The van der Waals surface area contributed by atoms with Crippen molar-refractivity contribution in [3.8, 4) is 0 Å². The predicted octanol–water partition coefficient (Wildman–Crippen LogP) is -2.18. The van der Waals surface area contributed by atoms with Crippen LogP contribution >= 0.6 is 0 Å². The van der Waals surface area contributed by atoms with E-state index in [1.54, 1.807) is 0 Å². The molecule has 2 fully saturated rings. The Morgan fingerprint density at radius 1 is 1.15 bits per heavy atom. The van der Waals surface area contributed by atoms with Gasteiger partial charge in [-0.1, -0.05) is 0 Å². The van der Waals surface area contributed by atoms with Gasteiger partial charge in [0.05, 0.1) is 29.8 Å². The first kappa shape index (κ1) is 9.39. The van der Waals surface area contributed by atoms with Gasteiger partial charge in [-0.05, 0) is 0 Å². The van der Waals surface area contributed by atoms with Crippen LogP contribution in [0, 0.1) is 0 Å². The lowest BCUT2D eigenvalue weighted by molar-refractivity contribution is -0.0451. The molecule has 0 aromatic carbocycles. The second-order valence-corrected chi connectivity index (χ2v) is 5.97. The molecule has 0 aliphatic carbocycles. The third-order valence-corrected chi connectivity index (χ3v) is 4.35. The third-order valence-electron chi connectivity index (χ3n) is 2.65. The standard InChI is InChI=1S/C7H13NO4S/c9-5-1-8(2-5)6-3-13(11,12)4-7(6)10/h5-7,9-10H,1-4H2. The van der Waals surface area contributed by atoms with E-state index in [1.165, 1.54) is 0 Å². The van der Waals surface area contributed by atoms with E-state index in [1.807, 2.05) is 4.90 Å². The summed E-state index contributed by atoms with van der Waals surface area (Å²) in [6, 6.07) is -0.298. The fourth-order valence-electron chi connectivity index (χ4n) is 1.92. The van der Waals surface area contributed by atoms with E-state index in [0.717, 1.165) is 0 Å². The molecule has 0 bridgehead atoms. The van der Waals surface area contributed by atoms with Crippen LogP contribution in [0.4, 0.5) is 0 Å². The predicted molar refractivity (Wildman–Crippen MR) is 46.0 cm³/mol. The van der Waals surface area contributed by atoms with Gasteiger partial charge < -0.3 is 10.2 Å². The number of aliphatic hydroxyl groups excluding tert-OH is 2. The number of likely N-dealkylation sites (tertiary alicyclic amines) is 1. The molecule has 6 heteroatoms. The molecule has 0 aromatic heterocycles. The average molecular weight is 207 g/mol. The SMILES string of the molecule is O=S1(=O)CC(O)C(N2CC(O)C2)C1. The smallest absolute Gasteiger partial charge is 0.154 e. The lowest BCUT2D eigenvalue weighted by Crippen LogP contribution is -2.58. The van der Waals surface area contributed by atoms with Crippen molar-refractivity contribution in [1.82, 2.24) is 4.90 Å². The van der Waals surface area contributed by atoms with Crippen molar-refractivity contribution >= 4 is 9.84 Å². The van der Waals surface area contributed by atoms with Gasteiger partial charge in [-0.25, -0.2) is 8.42 Å². The zero-order chi connectivity index (χ0) is 9.64. The van der Waals surface area contributed by atoms with E-state index in [9.17, 15) is 13.5 Å². The van der Waals surface area contributed by atoms with Crippen LogP contribution in [0.15, 0.2) is 0 Å². The number of sulfone groups is 1. The molecule has 2 saturated heterocycles. The largest absolute Gasteiger partial charge is 0.390 e. The van der Waals surface area contributed by atoms with Crippen molar-refractivity contribution in [2.45, 2.75) is 18.2 Å². The molecule has 2 rings (SSSR count). The fourth-order valence-corrected chi connectivity index (χ4v) is 3.75. The van der Waals surface area contributed by atoms with E-state index < -0.39 is 15.9 Å². The van der Waals surface area contributed by atoms with Crippen molar-refractivity contribution in [2.75, 3.05) is 24.6 Å². The quantitative estimate of drug-likeness (QED) is 0.511. The molecule has 2 unspecified atom stereocenters. The molecule has 2 atom stereocenters. The monoisotopic (exact) mass is 207 g/mol. The first-order chi connectivity index (χ1) is 5.98. The maximum atomic E-state index is 11.1. The molecule has 0 radical (unpaired) electrons. The summed E-state index contributed by atoms with van der Waals surface area (Å²) in [7, 11) is -3.06. The normalized spacial score (nSPS) is 40.5. The molecule has 0 saturated carbocycles. The topological polar surface area (TPSA) is 77.8 Å². The average Bonchev–Trinajstić information content (AvgIpc) is 2.18. The Morgan fingerprint density at radius 2 is 1.77 bits per heavy atom. The van der Waals surface area contributed by atoms with Gasteiger partial charge >= 0.3 is 0 Å². The Hall–Kier alpha value is -0.170. The van der Waals surface area contributed by atoms with Gasteiger partial charge in [-0.2, -0.15) is 0 Å². The minimum Gasteiger partial charge on any atom is -0.390 e. The molecular formula is C7H13NO4S. The van der Waals surface area contributed by atoms with E-state index >= 15 is 0 Å². The zero-order valence-corrected chi connectivity index (χ0v) is 7.94. The summed E-state index contributed by atoms with van der Waals surface area (Å²) in [6.07, 6.45) is -1.13. The molecule has 13 heavy (non-hydrogen) atoms. The van der Waals surface area contributed by atoms with Gasteiger partial charge in [0.25, 0.3) is 0 Å². The number of β-amino-alcohol motifs (C(OH)–C–C–N with tert-alkyl or cyclic N) is 1. The Labute approximate surface area is 76.9 Å². The second-order valence-electron chi connectivity index (χ2n) is 3.82. The summed E-state index contributed by atoms with van der Waals surface area (Å²) in [5.41, 5.74) is 0. The molecule has 2 aliphatic rings. The molecule has 2 heterocycles. The highest BCUT2D eigenvalue weighted by Gasteiger charge is 2.43. The van der Waals surface area contributed by atoms with Crippen LogP contribution in [0.3, 0.4) is 0 Å². The number of hydrogen-bond acceptors (Lipinski definition) is 5. The van der Waals surface area contributed by atoms with Crippen molar-refractivity contribution in [3.63, 3.8) is 0 Å². The van der Waals surface area contributed by atoms with Gasteiger partial charge in [0.2, 0.25) is 0 Å². The van der Waals surface area contributed by atoms with Gasteiger partial charge in [0.1, 0.15) is 0 Å². The Morgan fingerprint density at radius 3 is 2.15 bits per heavy atom. The van der Waals surface area contributed by atoms with Gasteiger partial charge in [-0.15, -0.1) is 0 Å². The first-order valence-electron chi connectivity index (χ1n) is 4.28. The Bertz CT molecular complexity index is 296. The van der Waals surface area contributed by atoms with Gasteiger partial charge in [-0.3, -0.25) is 4.90 Å². The van der Waals surface area contributed by atoms with Crippen molar-refractivity contribution in [2.24, 2.45) is 0 Å². The van der Waals surface area contributed by atoms with E-state index in [-0.39, 0.29) is 23.7 Å². The number of aliphatic hydroxyl groups is 2. The van der Waals surface area contributed by atoms with E-state index in [4.69, 9.17) is 5.11 Å². The van der Waals surface area contributed by atoms with E-state index in [2.05, 4.69) is 0 Å². The molecule has 0 aromatic rings. The first-order valence-corrected chi connectivity index (χ1v) is 6.11. The molecule has 76 valence electrons. The minimum absolute atomic E-state index is 0.0287. The highest BCUT2D eigenvalue weighted by atomic mass is 32.2. The van der Waals surface area contributed by atoms with Crippen molar-refractivity contribution in [3.05, 3.63) is 0 Å². The molecule has 2 aliphatic heterocycles. The summed E-state index contributed by atoms with van der Waals surface area (Å²) < 4.78 is 22.3. The van der Waals surface area contributed by atoms with Crippen LogP contribution < -0.4 is 0 Å². The van der Waals surface area contributed by atoms with Gasteiger partial charge in [0.15, 0.2) is 9.84 Å². The number of hydrogen-bond donors (Lipinski definition) is 2. The maximum Gasteiger partial charge on any atom is 0.154 e. The number of rotatable bonds is 1. The Kier molecular flexibility index (Phi) is 2.10. The summed E-state index contributed by atoms with van der Waals surface area (Å²) in [4.78, 5) is 1.82. The Balaban J connectivity index is 2.02. The lowest BCUT2D eigenvalue weighted by Gasteiger charge is -2.40. The highest BCUT2D eigenvalue weighted by molar-refractivity contribution is 7.91. The lowest BCUT2D eigenvalue weighted by atomic mass is 10.1. The summed E-state index contributed by atoms with van der Waals surface area (Å²) in [6.45, 7) is 0.967. The minimum atomic E-state index is -3.06. The zero-order valence-electron chi connectivity index (χ0n) is 7.13. The van der Waals surface area contributed by atoms with Crippen LogP contribution in [0.5, 0.6) is 0 Å². The third kappa shape index (κ3) is 1.71. The second kappa shape index (κ2) is 2.91. The van der Waals surface area contributed by atoms with Crippen LogP contribution in [-0.4, -0.2) is 66.4 Å². The summed E-state index contributed by atoms with van der Waals surface area (Å²) in [5.74, 6) is -0.106. The van der Waals surface area contributed by atoms with Crippen molar-refractivity contribution in [1.29, 1.82) is 0 Å². The highest BCUT2D eigenvalue weighted by Crippen LogP contribution is 2.22. The summed E-state index contributed by atoms with van der Waals surface area (Å²) >= 11 is 0. The summed E-state index contributed by atoms with van der Waals surface area (Å²) in [5, 5.41) is 18.5. The van der Waals surface area contributed by atoms with Gasteiger partial charge in [0, 0.05) is 13.1 Å². The van der Waals surface area contributed by atoms with Crippen LogP contribution in [0.2, 0.25) is 0 Å².